The number of aromatic nitrogens is 1. The highest BCUT2D eigenvalue weighted by Crippen LogP contribution is 2.42. The van der Waals surface area contributed by atoms with Gasteiger partial charge in [0.15, 0.2) is 0 Å². The minimum atomic E-state index is -0.486. The summed E-state index contributed by atoms with van der Waals surface area (Å²) in [6, 6.07) is 3.85. The Labute approximate surface area is 148 Å². The van der Waals surface area contributed by atoms with E-state index in [0.29, 0.717) is 45.7 Å². The number of nitrogens with zero attached hydrogens (tertiary/aromatic N) is 3. The summed E-state index contributed by atoms with van der Waals surface area (Å²) in [5, 5.41) is 2.78. The van der Waals surface area contributed by atoms with E-state index in [1.54, 1.807) is 19.4 Å². The van der Waals surface area contributed by atoms with Gasteiger partial charge < -0.3 is 19.9 Å². The van der Waals surface area contributed by atoms with Crippen LogP contribution < -0.4 is 10.2 Å². The first-order chi connectivity index (χ1) is 12.1. The Bertz CT molecular complexity index is 624. The maximum absolute atomic E-state index is 12.7. The predicted molar refractivity (Wildman–Crippen MR) is 94.1 cm³/mol. The van der Waals surface area contributed by atoms with Gasteiger partial charge in [-0.15, -0.1) is 0 Å². The van der Waals surface area contributed by atoms with Crippen LogP contribution in [0.4, 0.5) is 5.69 Å². The first-order valence-electron chi connectivity index (χ1n) is 8.75. The third-order valence-corrected chi connectivity index (χ3v) is 5.50. The highest BCUT2D eigenvalue weighted by Gasteiger charge is 2.54. The minimum absolute atomic E-state index is 0.0324. The van der Waals surface area contributed by atoms with Gasteiger partial charge in [0, 0.05) is 70.8 Å². The Morgan fingerprint density at radius 3 is 2.92 bits per heavy atom. The van der Waals surface area contributed by atoms with Crippen LogP contribution in [0.2, 0.25) is 0 Å². The van der Waals surface area contributed by atoms with Crippen LogP contribution in [0.3, 0.4) is 0 Å². The van der Waals surface area contributed by atoms with Crippen molar-refractivity contribution in [2.45, 2.75) is 12.8 Å². The Hall–Kier alpha value is -2.15. The summed E-state index contributed by atoms with van der Waals surface area (Å²) in [6.45, 7) is 2.86. The number of amides is 2. The summed E-state index contributed by atoms with van der Waals surface area (Å²) in [6.07, 6.45) is 4.59. The van der Waals surface area contributed by atoms with Gasteiger partial charge in [-0.25, -0.2) is 0 Å². The maximum atomic E-state index is 12.7. The smallest absolute Gasteiger partial charge is 0.228 e. The van der Waals surface area contributed by atoms with Crippen LogP contribution in [0.25, 0.3) is 0 Å². The molecule has 1 N–H and O–H groups in total. The molecule has 0 aromatic carbocycles. The van der Waals surface area contributed by atoms with E-state index in [1.807, 2.05) is 29.0 Å². The van der Waals surface area contributed by atoms with Gasteiger partial charge in [-0.3, -0.25) is 14.6 Å². The SMILES string of the molecule is CNC(=O)[C@]12CCOC[C@H]1CN(C(=O)CCN(C)c1ccncc1)C2. The fourth-order valence-corrected chi connectivity index (χ4v) is 3.91. The largest absolute Gasteiger partial charge is 0.381 e. The summed E-state index contributed by atoms with van der Waals surface area (Å²) in [4.78, 5) is 33.1. The van der Waals surface area contributed by atoms with E-state index >= 15 is 0 Å². The van der Waals surface area contributed by atoms with Crippen molar-refractivity contribution in [3.63, 3.8) is 0 Å². The van der Waals surface area contributed by atoms with Crippen LogP contribution in [0.15, 0.2) is 24.5 Å². The van der Waals surface area contributed by atoms with Crippen molar-refractivity contribution in [1.82, 2.24) is 15.2 Å². The zero-order valence-corrected chi connectivity index (χ0v) is 14.9. The molecule has 0 spiro atoms. The van der Waals surface area contributed by atoms with Crippen LogP contribution in [0.5, 0.6) is 0 Å². The molecule has 0 bridgehead atoms. The second kappa shape index (κ2) is 7.39. The summed E-state index contributed by atoms with van der Waals surface area (Å²) < 4.78 is 5.56. The number of likely N-dealkylation sites (tertiary alicyclic amines) is 1. The van der Waals surface area contributed by atoms with E-state index in [1.165, 1.54) is 0 Å². The van der Waals surface area contributed by atoms with Gasteiger partial charge in [-0.2, -0.15) is 0 Å². The minimum Gasteiger partial charge on any atom is -0.381 e. The molecule has 0 aliphatic carbocycles. The second-order valence-electron chi connectivity index (χ2n) is 6.91. The molecule has 1 aromatic heterocycles. The number of carbonyl (C=O) groups excluding carboxylic acids is 2. The topological polar surface area (TPSA) is 74.8 Å². The molecule has 0 unspecified atom stereocenters. The number of nitrogens with one attached hydrogen (secondary N) is 1. The van der Waals surface area contributed by atoms with E-state index in [-0.39, 0.29) is 17.7 Å². The standard InChI is InChI=1S/C18H26N4O3/c1-19-17(24)18-6-10-25-12-14(18)11-22(13-18)16(23)5-9-21(2)15-3-7-20-8-4-15/h3-4,7-8,14H,5-6,9-13H2,1-2H3,(H,19,24)/t14-,18+/m1/s1. The zero-order valence-electron chi connectivity index (χ0n) is 14.9. The van der Waals surface area contributed by atoms with E-state index in [4.69, 9.17) is 4.74 Å². The number of carbonyl (C=O) groups is 2. The van der Waals surface area contributed by atoms with Crippen LogP contribution in [-0.4, -0.2) is 68.6 Å². The van der Waals surface area contributed by atoms with Crippen molar-refractivity contribution >= 4 is 17.5 Å². The molecule has 7 heteroatoms. The fourth-order valence-electron chi connectivity index (χ4n) is 3.91. The van der Waals surface area contributed by atoms with Crippen molar-refractivity contribution in [1.29, 1.82) is 0 Å². The number of hydrogen-bond donors (Lipinski definition) is 1. The number of ether oxygens (including phenoxy) is 1. The quantitative estimate of drug-likeness (QED) is 0.841. The molecule has 2 atom stereocenters. The number of anilines is 1. The van der Waals surface area contributed by atoms with E-state index in [2.05, 4.69) is 10.3 Å². The molecule has 0 radical (unpaired) electrons. The number of rotatable bonds is 5. The molecule has 3 heterocycles. The molecule has 25 heavy (non-hydrogen) atoms. The van der Waals surface area contributed by atoms with Crippen LogP contribution in [0.1, 0.15) is 12.8 Å². The van der Waals surface area contributed by atoms with Gasteiger partial charge in [0.2, 0.25) is 11.8 Å². The molecule has 2 amide bonds. The van der Waals surface area contributed by atoms with Crippen molar-refractivity contribution in [2.75, 3.05) is 51.8 Å². The molecular formula is C18H26N4O3. The number of pyridine rings is 1. The van der Waals surface area contributed by atoms with Gasteiger partial charge in [0.1, 0.15) is 0 Å². The summed E-state index contributed by atoms with van der Waals surface area (Å²) in [7, 11) is 3.63. The van der Waals surface area contributed by atoms with Crippen molar-refractivity contribution < 1.29 is 14.3 Å². The maximum Gasteiger partial charge on any atom is 0.228 e. The first-order valence-corrected chi connectivity index (χ1v) is 8.75. The van der Waals surface area contributed by atoms with E-state index in [9.17, 15) is 9.59 Å². The Morgan fingerprint density at radius 2 is 2.20 bits per heavy atom. The fraction of sp³-hybridized carbons (Fsp3) is 0.611. The Balaban J connectivity index is 1.61. The third kappa shape index (κ3) is 3.46. The predicted octanol–water partition coefficient (Wildman–Crippen LogP) is 0.519. The first kappa shape index (κ1) is 17.7. The van der Waals surface area contributed by atoms with Gasteiger partial charge >= 0.3 is 0 Å². The van der Waals surface area contributed by atoms with Gasteiger partial charge in [0.05, 0.1) is 12.0 Å². The van der Waals surface area contributed by atoms with E-state index in [0.717, 1.165) is 5.69 Å². The highest BCUT2D eigenvalue weighted by atomic mass is 16.5. The second-order valence-corrected chi connectivity index (χ2v) is 6.91. The van der Waals surface area contributed by atoms with Crippen molar-refractivity contribution in [2.24, 2.45) is 11.3 Å². The van der Waals surface area contributed by atoms with Crippen LogP contribution >= 0.6 is 0 Å². The van der Waals surface area contributed by atoms with Crippen molar-refractivity contribution in [3.8, 4) is 0 Å². The van der Waals surface area contributed by atoms with Gasteiger partial charge in [-0.1, -0.05) is 0 Å². The third-order valence-electron chi connectivity index (χ3n) is 5.50. The molecule has 2 aliphatic rings. The number of fused-ring (bicyclic) bond motifs is 1. The molecule has 136 valence electrons. The summed E-state index contributed by atoms with van der Waals surface area (Å²) in [5.74, 6) is 0.215. The van der Waals surface area contributed by atoms with Crippen LogP contribution in [0, 0.1) is 11.3 Å². The molecule has 2 fully saturated rings. The molecular weight excluding hydrogens is 320 g/mol. The normalized spacial score (nSPS) is 25.4. The van der Waals surface area contributed by atoms with Gasteiger partial charge in [-0.05, 0) is 18.6 Å². The monoisotopic (exact) mass is 346 g/mol. The zero-order chi connectivity index (χ0) is 17.9. The molecule has 3 rings (SSSR count). The summed E-state index contributed by atoms with van der Waals surface area (Å²) >= 11 is 0. The lowest BCUT2D eigenvalue weighted by Crippen LogP contribution is -2.49. The molecule has 7 nitrogen and oxygen atoms in total. The van der Waals surface area contributed by atoms with Gasteiger partial charge in [0.25, 0.3) is 0 Å². The van der Waals surface area contributed by atoms with E-state index < -0.39 is 5.41 Å². The molecule has 2 saturated heterocycles. The Morgan fingerprint density at radius 1 is 1.44 bits per heavy atom. The average molecular weight is 346 g/mol. The molecule has 2 aliphatic heterocycles. The van der Waals surface area contributed by atoms with Crippen LogP contribution in [-0.2, 0) is 14.3 Å². The highest BCUT2D eigenvalue weighted by molar-refractivity contribution is 5.86. The molecule has 0 saturated carbocycles. The van der Waals surface area contributed by atoms with Crippen molar-refractivity contribution in [3.05, 3.63) is 24.5 Å². The average Bonchev–Trinajstić information content (AvgIpc) is 3.06. The molecule has 1 aromatic rings. The Kier molecular flexibility index (Phi) is 5.22. The summed E-state index contributed by atoms with van der Waals surface area (Å²) in [5.41, 5.74) is 0.549. The lowest BCUT2D eigenvalue weighted by molar-refractivity contribution is -0.139. The lowest BCUT2D eigenvalue weighted by Gasteiger charge is -2.36. The number of hydrogen-bond acceptors (Lipinski definition) is 5. The lowest BCUT2D eigenvalue weighted by atomic mass is 9.73.